The summed E-state index contributed by atoms with van der Waals surface area (Å²) < 4.78 is 23.8. The number of hydrogen-bond acceptors (Lipinski definition) is 3. The lowest BCUT2D eigenvalue weighted by Gasteiger charge is -2.11. The van der Waals surface area contributed by atoms with Crippen LogP contribution in [-0.2, 0) is 0 Å². The number of hydrogen-bond donors (Lipinski definition) is 1. The molecule has 0 amide bonds. The molecule has 0 fully saturated rings. The molecule has 0 bridgehead atoms. The second kappa shape index (κ2) is 6.48. The van der Waals surface area contributed by atoms with Crippen LogP contribution in [0.15, 0.2) is 36.4 Å². The summed E-state index contributed by atoms with van der Waals surface area (Å²) in [7, 11) is 0. The van der Waals surface area contributed by atoms with Crippen molar-refractivity contribution in [2.45, 2.75) is 6.92 Å². The van der Waals surface area contributed by atoms with Gasteiger partial charge in [-0.1, -0.05) is 17.7 Å². The van der Waals surface area contributed by atoms with Gasteiger partial charge in [-0.3, -0.25) is 0 Å². The fourth-order valence-electron chi connectivity index (χ4n) is 1.69. The second-order valence-electron chi connectivity index (χ2n) is 4.31. The molecule has 0 aliphatic rings. The molecule has 106 valence electrons. The van der Waals surface area contributed by atoms with Crippen LogP contribution in [0.3, 0.4) is 0 Å². The molecule has 0 aliphatic carbocycles. The minimum absolute atomic E-state index is 0.236. The summed E-state index contributed by atoms with van der Waals surface area (Å²) in [6.45, 7) is 2.57. The lowest BCUT2D eigenvalue weighted by Crippen LogP contribution is -2.10. The van der Waals surface area contributed by atoms with E-state index in [9.17, 15) is 4.39 Å². The van der Waals surface area contributed by atoms with Gasteiger partial charge in [0, 0.05) is 0 Å². The first-order valence-electron chi connectivity index (χ1n) is 6.13. The molecular weight excluding hydrogens is 281 g/mol. The monoisotopic (exact) mass is 295 g/mol. The molecule has 5 heteroatoms. The van der Waals surface area contributed by atoms with E-state index >= 15 is 0 Å². The molecule has 0 spiro atoms. The van der Waals surface area contributed by atoms with Gasteiger partial charge in [0.15, 0.2) is 0 Å². The van der Waals surface area contributed by atoms with Gasteiger partial charge in [-0.05, 0) is 42.8 Å². The smallest absolute Gasteiger partial charge is 0.142 e. The van der Waals surface area contributed by atoms with E-state index in [-0.39, 0.29) is 5.02 Å². The Morgan fingerprint density at radius 1 is 1.05 bits per heavy atom. The lowest BCUT2D eigenvalue weighted by molar-refractivity contribution is 0.218. The zero-order chi connectivity index (χ0) is 14.5. The van der Waals surface area contributed by atoms with Crippen molar-refractivity contribution in [1.29, 1.82) is 0 Å². The maximum absolute atomic E-state index is 12.9. The van der Waals surface area contributed by atoms with Crippen LogP contribution in [0, 0.1) is 12.7 Å². The van der Waals surface area contributed by atoms with Gasteiger partial charge in [0.05, 0.1) is 10.7 Å². The Kier molecular flexibility index (Phi) is 4.69. The standard InChI is InChI=1S/C15H15ClFNO2/c1-10-2-4-15(13(18)8-10)20-7-6-19-14-5-3-11(17)9-12(14)16/h2-5,8-9H,6-7,18H2,1H3. The van der Waals surface area contributed by atoms with Crippen molar-refractivity contribution in [1.82, 2.24) is 0 Å². The Morgan fingerprint density at radius 2 is 1.70 bits per heavy atom. The van der Waals surface area contributed by atoms with Crippen LogP contribution in [0.1, 0.15) is 5.56 Å². The van der Waals surface area contributed by atoms with Gasteiger partial charge in [-0.15, -0.1) is 0 Å². The third-order valence-corrected chi connectivity index (χ3v) is 2.95. The summed E-state index contributed by atoms with van der Waals surface area (Å²) in [4.78, 5) is 0. The average molecular weight is 296 g/mol. The van der Waals surface area contributed by atoms with E-state index in [0.717, 1.165) is 5.56 Å². The van der Waals surface area contributed by atoms with E-state index in [0.29, 0.717) is 30.4 Å². The number of nitrogen functional groups attached to an aromatic ring is 1. The minimum atomic E-state index is -0.397. The minimum Gasteiger partial charge on any atom is -0.488 e. The van der Waals surface area contributed by atoms with E-state index in [4.69, 9.17) is 26.8 Å². The highest BCUT2D eigenvalue weighted by molar-refractivity contribution is 6.32. The zero-order valence-electron chi connectivity index (χ0n) is 11.0. The van der Waals surface area contributed by atoms with E-state index in [2.05, 4.69) is 0 Å². The molecule has 20 heavy (non-hydrogen) atoms. The highest BCUT2D eigenvalue weighted by Gasteiger charge is 2.04. The maximum Gasteiger partial charge on any atom is 0.142 e. The number of ether oxygens (including phenoxy) is 2. The average Bonchev–Trinajstić information content (AvgIpc) is 2.39. The molecule has 2 aromatic rings. The molecule has 2 N–H and O–H groups in total. The first-order valence-corrected chi connectivity index (χ1v) is 6.51. The van der Waals surface area contributed by atoms with Gasteiger partial charge in [-0.25, -0.2) is 4.39 Å². The second-order valence-corrected chi connectivity index (χ2v) is 4.72. The molecule has 0 radical (unpaired) electrons. The molecule has 0 aromatic heterocycles. The third kappa shape index (κ3) is 3.78. The number of benzene rings is 2. The first kappa shape index (κ1) is 14.5. The largest absolute Gasteiger partial charge is 0.488 e. The molecule has 0 atom stereocenters. The van der Waals surface area contributed by atoms with Crippen LogP contribution in [0.5, 0.6) is 11.5 Å². The van der Waals surface area contributed by atoms with Crippen LogP contribution < -0.4 is 15.2 Å². The lowest BCUT2D eigenvalue weighted by atomic mass is 10.2. The molecule has 0 saturated carbocycles. The van der Waals surface area contributed by atoms with Crippen LogP contribution in [0.25, 0.3) is 0 Å². The zero-order valence-corrected chi connectivity index (χ0v) is 11.8. The highest BCUT2D eigenvalue weighted by atomic mass is 35.5. The van der Waals surface area contributed by atoms with Crippen molar-refractivity contribution in [3.05, 3.63) is 52.8 Å². The van der Waals surface area contributed by atoms with E-state index < -0.39 is 5.82 Å². The molecule has 0 saturated heterocycles. The molecule has 0 aliphatic heterocycles. The predicted molar refractivity (Wildman–Crippen MR) is 78.0 cm³/mol. The normalized spacial score (nSPS) is 10.3. The van der Waals surface area contributed by atoms with Gasteiger partial charge < -0.3 is 15.2 Å². The van der Waals surface area contributed by atoms with Crippen molar-refractivity contribution < 1.29 is 13.9 Å². The number of rotatable bonds is 5. The van der Waals surface area contributed by atoms with Crippen LogP contribution in [0.4, 0.5) is 10.1 Å². The number of halogens is 2. The van der Waals surface area contributed by atoms with Crippen molar-refractivity contribution in [2.75, 3.05) is 18.9 Å². The van der Waals surface area contributed by atoms with Crippen molar-refractivity contribution in [3.8, 4) is 11.5 Å². The molecule has 0 unspecified atom stereocenters. The van der Waals surface area contributed by atoms with Crippen molar-refractivity contribution >= 4 is 17.3 Å². The molecule has 2 rings (SSSR count). The highest BCUT2D eigenvalue weighted by Crippen LogP contribution is 2.25. The summed E-state index contributed by atoms with van der Waals surface area (Å²) in [6, 6.07) is 9.56. The molecule has 2 aromatic carbocycles. The summed E-state index contributed by atoms with van der Waals surface area (Å²) >= 11 is 5.84. The van der Waals surface area contributed by atoms with Gasteiger partial charge in [0.1, 0.15) is 30.5 Å². The van der Waals surface area contributed by atoms with Crippen molar-refractivity contribution in [3.63, 3.8) is 0 Å². The van der Waals surface area contributed by atoms with Gasteiger partial charge in [0.25, 0.3) is 0 Å². The maximum atomic E-state index is 12.9. The summed E-state index contributed by atoms with van der Waals surface area (Å²) in [6.07, 6.45) is 0. The third-order valence-electron chi connectivity index (χ3n) is 2.66. The summed E-state index contributed by atoms with van der Waals surface area (Å²) in [5.74, 6) is 0.643. The summed E-state index contributed by atoms with van der Waals surface area (Å²) in [5, 5.41) is 0.236. The molecule has 3 nitrogen and oxygen atoms in total. The number of nitrogens with two attached hydrogens (primary N) is 1. The first-order chi connectivity index (χ1) is 9.56. The van der Waals surface area contributed by atoms with E-state index in [1.54, 1.807) is 0 Å². The predicted octanol–water partition coefficient (Wildman–Crippen LogP) is 3.83. The van der Waals surface area contributed by atoms with Crippen molar-refractivity contribution in [2.24, 2.45) is 0 Å². The molecule has 0 heterocycles. The summed E-state index contributed by atoms with van der Waals surface area (Å²) in [5.41, 5.74) is 7.49. The van der Waals surface area contributed by atoms with Crippen LogP contribution in [-0.4, -0.2) is 13.2 Å². The van der Waals surface area contributed by atoms with E-state index in [1.165, 1.54) is 18.2 Å². The topological polar surface area (TPSA) is 44.5 Å². The van der Waals surface area contributed by atoms with Crippen LogP contribution >= 0.6 is 11.6 Å². The van der Waals surface area contributed by atoms with Gasteiger partial charge in [0.2, 0.25) is 0 Å². The van der Waals surface area contributed by atoms with Gasteiger partial charge in [-0.2, -0.15) is 0 Å². The Bertz CT molecular complexity index is 551. The number of anilines is 1. The molecular formula is C15H15ClFNO2. The fourth-order valence-corrected chi connectivity index (χ4v) is 1.92. The number of aryl methyl sites for hydroxylation is 1. The van der Waals surface area contributed by atoms with Crippen LogP contribution in [0.2, 0.25) is 5.02 Å². The van der Waals surface area contributed by atoms with E-state index in [1.807, 2.05) is 25.1 Å². The Balaban J connectivity index is 1.84. The Labute approximate surface area is 122 Å². The Morgan fingerprint density at radius 3 is 2.35 bits per heavy atom. The quantitative estimate of drug-likeness (QED) is 0.673. The SMILES string of the molecule is Cc1ccc(OCCOc2ccc(F)cc2Cl)c(N)c1. The van der Waals surface area contributed by atoms with Gasteiger partial charge >= 0.3 is 0 Å². The fraction of sp³-hybridized carbons (Fsp3) is 0.200. The Hall–Kier alpha value is -1.94.